The van der Waals surface area contributed by atoms with Crippen LogP contribution in [0, 0.1) is 0 Å². The summed E-state index contributed by atoms with van der Waals surface area (Å²) in [5, 5.41) is 0.836. The summed E-state index contributed by atoms with van der Waals surface area (Å²) in [4.78, 5) is 14.1. The molecule has 15 heavy (non-hydrogen) atoms. The standard InChI is InChI=1S/C11H12N2OS/c12-9(11(14)15)5-7-6-13-10-4-2-1-3-8(7)10/h1-4,6,9,13H,5,12H2,(H,14,15). The van der Waals surface area contributed by atoms with Crippen LogP contribution in [0.1, 0.15) is 5.56 Å². The van der Waals surface area contributed by atoms with E-state index in [4.69, 9.17) is 5.73 Å². The molecule has 1 heterocycles. The lowest BCUT2D eigenvalue weighted by molar-refractivity contribution is -0.111. The first-order valence-corrected chi connectivity index (χ1v) is 5.16. The average molecular weight is 220 g/mol. The highest BCUT2D eigenvalue weighted by atomic mass is 32.1. The summed E-state index contributed by atoms with van der Waals surface area (Å²) in [6.45, 7) is 0. The summed E-state index contributed by atoms with van der Waals surface area (Å²) >= 11 is 3.72. The Balaban J connectivity index is 2.32. The number of hydrogen-bond donors (Lipinski definition) is 3. The normalized spacial score (nSPS) is 12.9. The molecule has 0 saturated heterocycles. The first-order chi connectivity index (χ1) is 7.18. The van der Waals surface area contributed by atoms with E-state index >= 15 is 0 Å². The molecule has 0 aliphatic rings. The zero-order chi connectivity index (χ0) is 10.8. The average Bonchev–Trinajstić information content (AvgIpc) is 2.62. The molecule has 2 aromatic rings. The predicted octanol–water partition coefficient (Wildman–Crippen LogP) is 1.49. The Morgan fingerprint density at radius 1 is 1.47 bits per heavy atom. The molecule has 0 fully saturated rings. The van der Waals surface area contributed by atoms with E-state index in [1.54, 1.807) is 0 Å². The van der Waals surface area contributed by atoms with Crippen LogP contribution >= 0.6 is 12.6 Å². The van der Waals surface area contributed by atoms with E-state index in [-0.39, 0.29) is 5.12 Å². The largest absolute Gasteiger partial charge is 0.361 e. The molecule has 78 valence electrons. The third kappa shape index (κ3) is 2.06. The van der Waals surface area contributed by atoms with Crippen LogP contribution in [0.5, 0.6) is 0 Å². The lowest BCUT2D eigenvalue weighted by Crippen LogP contribution is -2.29. The molecule has 2 rings (SSSR count). The number of nitrogens with two attached hydrogens (primary N) is 1. The van der Waals surface area contributed by atoms with Crippen molar-refractivity contribution >= 4 is 28.6 Å². The topological polar surface area (TPSA) is 58.9 Å². The van der Waals surface area contributed by atoms with Gasteiger partial charge in [0.2, 0.25) is 5.12 Å². The number of thiol groups is 1. The third-order valence-electron chi connectivity index (χ3n) is 2.43. The minimum absolute atomic E-state index is 0.278. The Hall–Kier alpha value is -1.26. The van der Waals surface area contributed by atoms with Gasteiger partial charge in [-0.2, -0.15) is 0 Å². The molecule has 1 aromatic heterocycles. The van der Waals surface area contributed by atoms with Crippen molar-refractivity contribution in [1.82, 2.24) is 4.98 Å². The van der Waals surface area contributed by atoms with Gasteiger partial charge in [-0.1, -0.05) is 18.2 Å². The zero-order valence-corrected chi connectivity index (χ0v) is 9.00. The highest BCUT2D eigenvalue weighted by molar-refractivity contribution is 7.96. The third-order valence-corrected chi connectivity index (χ3v) is 2.76. The van der Waals surface area contributed by atoms with E-state index in [2.05, 4.69) is 17.6 Å². The van der Waals surface area contributed by atoms with Crippen molar-refractivity contribution < 1.29 is 4.79 Å². The molecular weight excluding hydrogens is 208 g/mol. The molecule has 1 atom stereocenters. The molecule has 0 radical (unpaired) electrons. The van der Waals surface area contributed by atoms with E-state index < -0.39 is 6.04 Å². The van der Waals surface area contributed by atoms with Gasteiger partial charge in [-0.3, -0.25) is 4.79 Å². The molecular formula is C11H12N2OS. The summed E-state index contributed by atoms with van der Waals surface area (Å²) in [6.07, 6.45) is 2.41. The van der Waals surface area contributed by atoms with Gasteiger partial charge in [-0.25, -0.2) is 0 Å². The predicted molar refractivity (Wildman–Crippen MR) is 64.0 cm³/mol. The molecule has 4 heteroatoms. The smallest absolute Gasteiger partial charge is 0.202 e. The molecule has 0 amide bonds. The Kier molecular flexibility index (Phi) is 2.79. The van der Waals surface area contributed by atoms with Crippen LogP contribution in [0.15, 0.2) is 30.5 Å². The van der Waals surface area contributed by atoms with Crippen molar-refractivity contribution in [3.05, 3.63) is 36.0 Å². The Morgan fingerprint density at radius 3 is 2.93 bits per heavy atom. The van der Waals surface area contributed by atoms with Crippen molar-refractivity contribution in [1.29, 1.82) is 0 Å². The summed E-state index contributed by atoms with van der Waals surface area (Å²) in [5.41, 5.74) is 7.78. The van der Waals surface area contributed by atoms with E-state index in [1.807, 2.05) is 30.5 Å². The molecule has 0 saturated carbocycles. The quantitative estimate of drug-likeness (QED) is 0.686. The Bertz CT molecular complexity index is 492. The number of para-hydroxylation sites is 1. The molecule has 0 bridgehead atoms. The summed E-state index contributed by atoms with van der Waals surface area (Å²) in [5.74, 6) is 0. The second-order valence-electron chi connectivity index (χ2n) is 3.51. The number of aromatic nitrogens is 1. The number of hydrogen-bond acceptors (Lipinski definition) is 2. The van der Waals surface area contributed by atoms with E-state index in [0.29, 0.717) is 6.42 Å². The summed E-state index contributed by atoms with van der Waals surface area (Å²) in [6, 6.07) is 7.40. The summed E-state index contributed by atoms with van der Waals surface area (Å²) < 4.78 is 0. The maximum absolute atomic E-state index is 10.9. The summed E-state index contributed by atoms with van der Waals surface area (Å²) in [7, 11) is 0. The van der Waals surface area contributed by atoms with Crippen molar-refractivity contribution in [3.63, 3.8) is 0 Å². The Labute approximate surface area is 93.1 Å². The van der Waals surface area contributed by atoms with Crippen LogP contribution in [-0.2, 0) is 11.2 Å². The van der Waals surface area contributed by atoms with Crippen molar-refractivity contribution in [2.45, 2.75) is 12.5 Å². The van der Waals surface area contributed by atoms with Gasteiger partial charge in [0.1, 0.15) is 0 Å². The van der Waals surface area contributed by atoms with Gasteiger partial charge in [-0.05, 0) is 18.1 Å². The lowest BCUT2D eigenvalue weighted by atomic mass is 10.1. The minimum Gasteiger partial charge on any atom is -0.361 e. The second-order valence-corrected chi connectivity index (χ2v) is 3.95. The van der Waals surface area contributed by atoms with Crippen LogP contribution in [-0.4, -0.2) is 16.1 Å². The number of fused-ring (bicyclic) bond motifs is 1. The number of H-pyrrole nitrogens is 1. The number of carbonyl (C=O) groups is 1. The van der Waals surface area contributed by atoms with Gasteiger partial charge in [0.05, 0.1) is 6.04 Å². The first-order valence-electron chi connectivity index (χ1n) is 4.72. The van der Waals surface area contributed by atoms with E-state index in [0.717, 1.165) is 16.5 Å². The number of aromatic amines is 1. The van der Waals surface area contributed by atoms with Crippen molar-refractivity contribution in [2.24, 2.45) is 5.73 Å². The molecule has 0 aliphatic heterocycles. The van der Waals surface area contributed by atoms with Gasteiger partial charge in [0, 0.05) is 17.1 Å². The maximum Gasteiger partial charge on any atom is 0.202 e. The fraction of sp³-hybridized carbons (Fsp3) is 0.182. The molecule has 0 spiro atoms. The fourth-order valence-electron chi connectivity index (χ4n) is 1.62. The highest BCUT2D eigenvalue weighted by Crippen LogP contribution is 2.18. The van der Waals surface area contributed by atoms with Crippen molar-refractivity contribution in [3.8, 4) is 0 Å². The number of benzene rings is 1. The molecule has 1 unspecified atom stereocenters. The lowest BCUT2D eigenvalue weighted by Gasteiger charge is -2.05. The molecule has 0 aliphatic carbocycles. The van der Waals surface area contributed by atoms with Gasteiger partial charge in [0.15, 0.2) is 0 Å². The van der Waals surface area contributed by atoms with Crippen LogP contribution in [0.4, 0.5) is 0 Å². The fourth-order valence-corrected chi connectivity index (χ4v) is 1.72. The van der Waals surface area contributed by atoms with Gasteiger partial charge >= 0.3 is 0 Å². The van der Waals surface area contributed by atoms with Crippen LogP contribution < -0.4 is 5.73 Å². The van der Waals surface area contributed by atoms with Gasteiger partial charge in [0.25, 0.3) is 0 Å². The first kappa shape index (κ1) is 10.3. The molecule has 3 nitrogen and oxygen atoms in total. The van der Waals surface area contributed by atoms with Gasteiger partial charge in [-0.15, -0.1) is 12.6 Å². The monoisotopic (exact) mass is 220 g/mol. The minimum atomic E-state index is -0.535. The van der Waals surface area contributed by atoms with Crippen molar-refractivity contribution in [2.75, 3.05) is 0 Å². The maximum atomic E-state index is 10.9. The SMILES string of the molecule is NC(Cc1c[nH]c2ccccc12)C(=O)S. The zero-order valence-electron chi connectivity index (χ0n) is 8.10. The van der Waals surface area contributed by atoms with Gasteiger partial charge < -0.3 is 10.7 Å². The highest BCUT2D eigenvalue weighted by Gasteiger charge is 2.12. The number of nitrogens with one attached hydrogen (secondary N) is 1. The Morgan fingerprint density at radius 2 is 2.20 bits per heavy atom. The van der Waals surface area contributed by atoms with Crippen LogP contribution in [0.3, 0.4) is 0 Å². The molecule has 1 aromatic carbocycles. The number of carbonyl (C=O) groups excluding carboxylic acids is 1. The van der Waals surface area contributed by atoms with E-state index in [9.17, 15) is 4.79 Å². The molecule has 3 N–H and O–H groups in total. The second kappa shape index (κ2) is 4.08. The van der Waals surface area contributed by atoms with Crippen LogP contribution in [0.2, 0.25) is 0 Å². The van der Waals surface area contributed by atoms with Crippen LogP contribution in [0.25, 0.3) is 10.9 Å². The van der Waals surface area contributed by atoms with E-state index in [1.165, 1.54) is 0 Å². The number of rotatable bonds is 3.